The number of hydrogen-bond donors (Lipinski definition) is 0. The predicted molar refractivity (Wildman–Crippen MR) is 90.2 cm³/mol. The Morgan fingerprint density at radius 2 is 1.96 bits per heavy atom. The van der Waals surface area contributed by atoms with Crippen molar-refractivity contribution in [1.29, 1.82) is 0 Å². The molecule has 0 unspecified atom stereocenters. The largest absolute Gasteiger partial charge is 0.425 e. The summed E-state index contributed by atoms with van der Waals surface area (Å²) >= 11 is 1.60. The maximum absolute atomic E-state index is 5.43. The van der Waals surface area contributed by atoms with Crippen molar-refractivity contribution in [3.63, 3.8) is 0 Å². The lowest BCUT2D eigenvalue weighted by atomic mass is 10.2. The molecule has 0 saturated carbocycles. The first-order valence-electron chi connectivity index (χ1n) is 8.08. The second-order valence-corrected chi connectivity index (χ2v) is 6.68. The van der Waals surface area contributed by atoms with Gasteiger partial charge in [-0.3, -0.25) is 4.90 Å². The molecule has 23 heavy (non-hydrogen) atoms. The first-order valence-corrected chi connectivity index (χ1v) is 9.06. The van der Waals surface area contributed by atoms with Crippen molar-refractivity contribution in [1.82, 2.24) is 29.9 Å². The number of hydrogen-bond acceptors (Lipinski definition) is 7. The van der Waals surface area contributed by atoms with Crippen molar-refractivity contribution in [2.45, 2.75) is 63.5 Å². The van der Waals surface area contributed by atoms with E-state index in [1.165, 1.54) is 0 Å². The van der Waals surface area contributed by atoms with Crippen LogP contribution in [0.1, 0.15) is 56.8 Å². The third-order valence-corrected chi connectivity index (χ3v) is 4.63. The van der Waals surface area contributed by atoms with Crippen molar-refractivity contribution in [3.8, 4) is 0 Å². The van der Waals surface area contributed by atoms with Gasteiger partial charge in [0, 0.05) is 13.5 Å². The number of unbranched alkanes of at least 4 members (excludes halogenated alkanes) is 1. The summed E-state index contributed by atoms with van der Waals surface area (Å²) in [6.07, 6.45) is 3.26. The molecule has 128 valence electrons. The Kier molecular flexibility index (Phi) is 6.59. The summed E-state index contributed by atoms with van der Waals surface area (Å²) in [6.45, 7) is 7.11. The van der Waals surface area contributed by atoms with E-state index in [9.17, 15) is 0 Å². The van der Waals surface area contributed by atoms with Crippen LogP contribution in [0.4, 0.5) is 0 Å². The third-order valence-electron chi connectivity index (χ3n) is 3.68. The molecule has 0 bridgehead atoms. The van der Waals surface area contributed by atoms with E-state index in [4.69, 9.17) is 4.42 Å². The van der Waals surface area contributed by atoms with Crippen LogP contribution >= 0.6 is 11.8 Å². The molecule has 7 nitrogen and oxygen atoms in total. The van der Waals surface area contributed by atoms with Gasteiger partial charge in [-0.2, -0.15) is 0 Å². The molecule has 0 fully saturated rings. The van der Waals surface area contributed by atoms with E-state index in [-0.39, 0.29) is 6.04 Å². The van der Waals surface area contributed by atoms with Gasteiger partial charge in [0.25, 0.3) is 0 Å². The molecule has 1 atom stereocenters. The highest BCUT2D eigenvalue weighted by Gasteiger charge is 2.22. The SMILES string of the molecule is CCCCn1c(SCc2nnc(C)o2)nnc1[C@@H](CC)N(C)C. The fourth-order valence-corrected chi connectivity index (χ4v) is 3.29. The summed E-state index contributed by atoms with van der Waals surface area (Å²) in [5.41, 5.74) is 0. The molecule has 2 heterocycles. The quantitative estimate of drug-likeness (QED) is 0.650. The van der Waals surface area contributed by atoms with Crippen molar-refractivity contribution < 1.29 is 4.42 Å². The van der Waals surface area contributed by atoms with Crippen molar-refractivity contribution in [2.75, 3.05) is 14.1 Å². The van der Waals surface area contributed by atoms with E-state index in [2.05, 4.69) is 57.8 Å². The van der Waals surface area contributed by atoms with Crippen LogP contribution in [0.15, 0.2) is 9.57 Å². The molecule has 0 N–H and O–H groups in total. The van der Waals surface area contributed by atoms with Gasteiger partial charge in [-0.25, -0.2) is 0 Å². The van der Waals surface area contributed by atoms with Crippen LogP contribution in [-0.4, -0.2) is 44.0 Å². The molecule has 0 spiro atoms. The Balaban J connectivity index is 2.18. The Morgan fingerprint density at radius 3 is 2.52 bits per heavy atom. The smallest absolute Gasteiger partial charge is 0.226 e. The highest BCUT2D eigenvalue weighted by Crippen LogP contribution is 2.27. The number of rotatable bonds is 9. The van der Waals surface area contributed by atoms with Crippen LogP contribution in [0.25, 0.3) is 0 Å². The number of thioether (sulfide) groups is 1. The summed E-state index contributed by atoms with van der Waals surface area (Å²) in [4.78, 5) is 2.20. The van der Waals surface area contributed by atoms with Crippen molar-refractivity contribution >= 4 is 11.8 Å². The first-order chi connectivity index (χ1) is 11.1. The molecular formula is C15H26N6OS. The molecule has 2 aromatic rings. The fraction of sp³-hybridized carbons (Fsp3) is 0.733. The lowest BCUT2D eigenvalue weighted by molar-refractivity contribution is 0.270. The van der Waals surface area contributed by atoms with Crippen molar-refractivity contribution in [3.05, 3.63) is 17.6 Å². The fourth-order valence-electron chi connectivity index (χ4n) is 2.48. The van der Waals surface area contributed by atoms with Gasteiger partial charge >= 0.3 is 0 Å². The van der Waals surface area contributed by atoms with Crippen LogP contribution < -0.4 is 0 Å². The molecule has 0 aliphatic rings. The Bertz CT molecular complexity index is 609. The van der Waals surface area contributed by atoms with Gasteiger partial charge in [0.1, 0.15) is 0 Å². The van der Waals surface area contributed by atoms with Gasteiger partial charge in [0.15, 0.2) is 11.0 Å². The normalized spacial score (nSPS) is 13.0. The minimum absolute atomic E-state index is 0.277. The minimum atomic E-state index is 0.277. The summed E-state index contributed by atoms with van der Waals surface area (Å²) in [5.74, 6) is 2.87. The van der Waals surface area contributed by atoms with Crippen LogP contribution in [0.5, 0.6) is 0 Å². The van der Waals surface area contributed by atoms with Gasteiger partial charge in [0.05, 0.1) is 11.8 Å². The summed E-state index contributed by atoms with van der Waals surface area (Å²) in [6, 6.07) is 0.277. The standard InChI is InChI=1S/C15H26N6OS/c1-6-8-9-21-14(12(7-2)20(4)5)18-19-15(21)23-10-13-17-16-11(3)22-13/h12H,6-10H2,1-5H3/t12-/m1/s1. The highest BCUT2D eigenvalue weighted by molar-refractivity contribution is 7.98. The van der Waals surface area contributed by atoms with E-state index in [0.717, 1.165) is 36.8 Å². The molecule has 0 amide bonds. The molecule has 0 aromatic carbocycles. The molecule has 0 radical (unpaired) electrons. The van der Waals surface area contributed by atoms with E-state index < -0.39 is 0 Å². The molecule has 0 aliphatic heterocycles. The Hall–Kier alpha value is -1.41. The lowest BCUT2D eigenvalue weighted by Crippen LogP contribution is -2.23. The summed E-state index contributed by atoms with van der Waals surface area (Å²) in [5, 5.41) is 17.7. The van der Waals surface area contributed by atoms with Gasteiger partial charge in [-0.1, -0.05) is 32.0 Å². The Morgan fingerprint density at radius 1 is 1.17 bits per heavy atom. The maximum Gasteiger partial charge on any atom is 0.226 e. The first kappa shape index (κ1) is 17.9. The van der Waals surface area contributed by atoms with Crippen LogP contribution in [0, 0.1) is 6.92 Å². The van der Waals surface area contributed by atoms with E-state index in [1.54, 1.807) is 18.7 Å². The van der Waals surface area contributed by atoms with Gasteiger partial charge in [0.2, 0.25) is 11.8 Å². The van der Waals surface area contributed by atoms with Crippen LogP contribution in [-0.2, 0) is 12.3 Å². The average molecular weight is 338 g/mol. The second-order valence-electron chi connectivity index (χ2n) is 5.74. The molecule has 2 rings (SSSR count). The number of nitrogens with zero attached hydrogens (tertiary/aromatic N) is 6. The maximum atomic E-state index is 5.43. The average Bonchev–Trinajstić information content (AvgIpc) is 3.10. The van der Waals surface area contributed by atoms with E-state index in [0.29, 0.717) is 17.5 Å². The molecule has 8 heteroatoms. The molecule has 0 saturated heterocycles. The summed E-state index contributed by atoms with van der Waals surface area (Å²) in [7, 11) is 4.17. The van der Waals surface area contributed by atoms with Crippen LogP contribution in [0.3, 0.4) is 0 Å². The second kappa shape index (κ2) is 8.44. The zero-order valence-electron chi connectivity index (χ0n) is 14.6. The molecule has 0 aliphatic carbocycles. The monoisotopic (exact) mass is 338 g/mol. The van der Waals surface area contributed by atoms with Gasteiger partial charge in [-0.05, 0) is 26.9 Å². The lowest BCUT2D eigenvalue weighted by Gasteiger charge is -2.23. The van der Waals surface area contributed by atoms with Gasteiger partial charge < -0.3 is 8.98 Å². The number of aromatic nitrogens is 5. The third kappa shape index (κ3) is 4.54. The molecular weight excluding hydrogens is 312 g/mol. The van der Waals surface area contributed by atoms with Gasteiger partial charge in [-0.15, -0.1) is 20.4 Å². The topological polar surface area (TPSA) is 72.9 Å². The van der Waals surface area contributed by atoms with Crippen LogP contribution in [0.2, 0.25) is 0 Å². The van der Waals surface area contributed by atoms with E-state index >= 15 is 0 Å². The zero-order valence-corrected chi connectivity index (χ0v) is 15.4. The highest BCUT2D eigenvalue weighted by atomic mass is 32.2. The van der Waals surface area contributed by atoms with Crippen molar-refractivity contribution in [2.24, 2.45) is 0 Å². The Labute approximate surface area is 141 Å². The molecule has 2 aromatic heterocycles. The van der Waals surface area contributed by atoms with E-state index in [1.807, 2.05) is 0 Å². The predicted octanol–water partition coefficient (Wildman–Crippen LogP) is 3.07. The zero-order chi connectivity index (χ0) is 16.8. The minimum Gasteiger partial charge on any atom is -0.425 e. The summed E-state index contributed by atoms with van der Waals surface area (Å²) < 4.78 is 7.67. The number of aryl methyl sites for hydroxylation is 1.